The van der Waals surface area contributed by atoms with Gasteiger partial charge in [0, 0.05) is 44.4 Å². The zero-order valence-corrected chi connectivity index (χ0v) is 16.4. The summed E-state index contributed by atoms with van der Waals surface area (Å²) in [5, 5.41) is 2.34. The lowest BCUT2D eigenvalue weighted by molar-refractivity contribution is -0.136. The highest BCUT2D eigenvalue weighted by Gasteiger charge is 2.40. The van der Waals surface area contributed by atoms with Crippen molar-refractivity contribution in [1.29, 1.82) is 0 Å². The maximum atomic E-state index is 13.2. The number of piperidine rings is 1. The third kappa shape index (κ3) is 3.49. The molecule has 0 bridgehead atoms. The van der Waals surface area contributed by atoms with Gasteiger partial charge in [0.2, 0.25) is 11.8 Å². The summed E-state index contributed by atoms with van der Waals surface area (Å²) in [7, 11) is 1.98. The van der Waals surface area contributed by atoms with Gasteiger partial charge in [-0.25, -0.2) is 0 Å². The molecule has 2 aromatic carbocycles. The first-order valence-corrected chi connectivity index (χ1v) is 9.74. The Morgan fingerprint density at radius 2 is 1.86 bits per heavy atom. The maximum absolute atomic E-state index is 13.2. The van der Waals surface area contributed by atoms with Crippen LogP contribution >= 0.6 is 0 Å². The number of para-hydroxylation sites is 1. The van der Waals surface area contributed by atoms with Crippen molar-refractivity contribution in [3.63, 3.8) is 0 Å². The van der Waals surface area contributed by atoms with E-state index in [0.29, 0.717) is 31.6 Å². The van der Waals surface area contributed by atoms with Crippen molar-refractivity contribution in [1.82, 2.24) is 10.2 Å². The summed E-state index contributed by atoms with van der Waals surface area (Å²) >= 11 is 0. The predicted molar refractivity (Wildman–Crippen MR) is 109 cm³/mol. The fourth-order valence-electron chi connectivity index (χ4n) is 4.22. The second kappa shape index (κ2) is 7.67. The van der Waals surface area contributed by atoms with Crippen molar-refractivity contribution in [3.05, 3.63) is 64.7 Å². The molecule has 1 saturated heterocycles. The first-order chi connectivity index (χ1) is 14.0. The van der Waals surface area contributed by atoms with Crippen molar-refractivity contribution in [2.45, 2.75) is 38.5 Å². The Kier molecular flexibility index (Phi) is 5.07. The molecule has 0 spiro atoms. The van der Waals surface area contributed by atoms with Crippen LogP contribution in [-0.2, 0) is 29.2 Å². The van der Waals surface area contributed by atoms with Gasteiger partial charge in [-0.2, -0.15) is 0 Å². The average molecular weight is 392 g/mol. The SMILES string of the molecule is CN(Cc1cccc2c1C(=O)N(C1CCC(=O)NC1=O)C2)c1ccccc1CN. The van der Waals surface area contributed by atoms with E-state index in [2.05, 4.69) is 10.2 Å². The van der Waals surface area contributed by atoms with E-state index in [1.165, 1.54) is 0 Å². The highest BCUT2D eigenvalue weighted by atomic mass is 16.2. The molecule has 1 fully saturated rings. The standard InChI is InChI=1S/C22H24N4O3/c1-25(17-8-3-2-5-14(17)11-23)12-15-6-4-7-16-13-26(22(29)20(15)16)18-9-10-19(27)24-21(18)28/h2-8,18H,9-13,23H2,1H3,(H,24,27,28). The lowest BCUT2D eigenvalue weighted by Gasteiger charge is -2.29. The number of nitrogens with zero attached hydrogens (tertiary/aromatic N) is 2. The van der Waals surface area contributed by atoms with Crippen LogP contribution in [0.25, 0.3) is 0 Å². The summed E-state index contributed by atoms with van der Waals surface area (Å²) < 4.78 is 0. The summed E-state index contributed by atoms with van der Waals surface area (Å²) in [6.07, 6.45) is 0.617. The first kappa shape index (κ1) is 19.1. The molecule has 1 unspecified atom stereocenters. The van der Waals surface area contributed by atoms with Crippen LogP contribution in [0.3, 0.4) is 0 Å². The van der Waals surface area contributed by atoms with Crippen molar-refractivity contribution >= 4 is 23.4 Å². The van der Waals surface area contributed by atoms with E-state index in [0.717, 1.165) is 22.4 Å². The minimum atomic E-state index is -0.601. The van der Waals surface area contributed by atoms with Crippen LogP contribution < -0.4 is 16.0 Å². The number of rotatable bonds is 5. The lowest BCUT2D eigenvalue weighted by Crippen LogP contribution is -2.52. The minimum Gasteiger partial charge on any atom is -0.370 e. The van der Waals surface area contributed by atoms with E-state index >= 15 is 0 Å². The molecule has 3 N–H and O–H groups in total. The molecule has 29 heavy (non-hydrogen) atoms. The molecular formula is C22H24N4O3. The van der Waals surface area contributed by atoms with Crippen LogP contribution in [0.4, 0.5) is 5.69 Å². The van der Waals surface area contributed by atoms with Crippen LogP contribution in [0.2, 0.25) is 0 Å². The molecule has 0 aromatic heterocycles. The Balaban J connectivity index is 1.59. The molecule has 0 saturated carbocycles. The van der Waals surface area contributed by atoms with Gasteiger partial charge in [-0.3, -0.25) is 19.7 Å². The zero-order valence-electron chi connectivity index (χ0n) is 16.4. The molecule has 7 nitrogen and oxygen atoms in total. The van der Waals surface area contributed by atoms with Gasteiger partial charge in [0.15, 0.2) is 0 Å². The van der Waals surface area contributed by atoms with E-state index in [1.54, 1.807) is 4.90 Å². The molecule has 7 heteroatoms. The van der Waals surface area contributed by atoms with Crippen molar-refractivity contribution < 1.29 is 14.4 Å². The molecule has 2 aromatic rings. The molecule has 1 atom stereocenters. The topological polar surface area (TPSA) is 95.7 Å². The van der Waals surface area contributed by atoms with Crippen molar-refractivity contribution in [2.24, 2.45) is 5.73 Å². The predicted octanol–water partition coefficient (Wildman–Crippen LogP) is 1.54. The van der Waals surface area contributed by atoms with Crippen molar-refractivity contribution in [3.8, 4) is 0 Å². The van der Waals surface area contributed by atoms with Gasteiger partial charge >= 0.3 is 0 Å². The van der Waals surface area contributed by atoms with Crippen LogP contribution in [0, 0.1) is 0 Å². The van der Waals surface area contributed by atoms with Crippen molar-refractivity contribution in [2.75, 3.05) is 11.9 Å². The number of hydrogen-bond donors (Lipinski definition) is 2. The summed E-state index contributed by atoms with van der Waals surface area (Å²) in [6.45, 7) is 1.38. The number of amides is 3. The van der Waals surface area contributed by atoms with Crippen LogP contribution in [0.1, 0.15) is 39.9 Å². The number of anilines is 1. The fraction of sp³-hybridized carbons (Fsp3) is 0.318. The van der Waals surface area contributed by atoms with Gasteiger partial charge in [-0.15, -0.1) is 0 Å². The molecule has 0 aliphatic carbocycles. The van der Waals surface area contributed by atoms with E-state index in [4.69, 9.17) is 5.73 Å². The van der Waals surface area contributed by atoms with E-state index in [-0.39, 0.29) is 18.2 Å². The number of imide groups is 1. The van der Waals surface area contributed by atoms with Gasteiger partial charge < -0.3 is 15.5 Å². The second-order valence-electron chi connectivity index (χ2n) is 7.54. The summed E-state index contributed by atoms with van der Waals surface area (Å²) in [5.41, 5.74) is 10.4. The molecule has 2 aliphatic heterocycles. The number of carbonyl (C=O) groups excluding carboxylic acids is 3. The Morgan fingerprint density at radius 1 is 1.10 bits per heavy atom. The molecule has 2 aliphatic rings. The summed E-state index contributed by atoms with van der Waals surface area (Å²) in [4.78, 5) is 40.6. The second-order valence-corrected chi connectivity index (χ2v) is 7.54. The van der Waals surface area contributed by atoms with Gasteiger partial charge in [0.1, 0.15) is 6.04 Å². The third-order valence-electron chi connectivity index (χ3n) is 5.67. The van der Waals surface area contributed by atoms with Gasteiger partial charge in [-0.1, -0.05) is 36.4 Å². The number of nitrogens with one attached hydrogen (secondary N) is 1. The van der Waals surface area contributed by atoms with E-state index in [9.17, 15) is 14.4 Å². The van der Waals surface area contributed by atoms with Crippen LogP contribution in [0.15, 0.2) is 42.5 Å². The van der Waals surface area contributed by atoms with E-state index < -0.39 is 11.9 Å². The average Bonchev–Trinajstić information content (AvgIpc) is 3.05. The Hall–Kier alpha value is -3.19. The van der Waals surface area contributed by atoms with Gasteiger partial charge in [0.25, 0.3) is 5.91 Å². The zero-order chi connectivity index (χ0) is 20.5. The lowest BCUT2D eigenvalue weighted by atomic mass is 10.0. The van der Waals surface area contributed by atoms with Crippen LogP contribution in [0.5, 0.6) is 0 Å². The highest BCUT2D eigenvalue weighted by Crippen LogP contribution is 2.31. The number of benzene rings is 2. The number of nitrogens with two attached hydrogens (primary N) is 1. The summed E-state index contributed by atoms with van der Waals surface area (Å²) in [5.74, 6) is -0.820. The Labute approximate surface area is 169 Å². The fourth-order valence-corrected chi connectivity index (χ4v) is 4.22. The minimum absolute atomic E-state index is 0.148. The Bertz CT molecular complexity index is 988. The van der Waals surface area contributed by atoms with Crippen LogP contribution in [-0.4, -0.2) is 35.7 Å². The number of carbonyl (C=O) groups is 3. The molecule has 4 rings (SSSR count). The number of hydrogen-bond acceptors (Lipinski definition) is 5. The van der Waals surface area contributed by atoms with E-state index in [1.807, 2.05) is 49.5 Å². The molecule has 0 radical (unpaired) electrons. The summed E-state index contributed by atoms with van der Waals surface area (Å²) in [6, 6.07) is 13.2. The largest absolute Gasteiger partial charge is 0.370 e. The highest BCUT2D eigenvalue weighted by molar-refractivity contribution is 6.06. The van der Waals surface area contributed by atoms with Gasteiger partial charge in [-0.05, 0) is 29.2 Å². The molecular weight excluding hydrogens is 368 g/mol. The molecule has 2 heterocycles. The normalized spacial score (nSPS) is 18.6. The third-order valence-corrected chi connectivity index (χ3v) is 5.67. The quantitative estimate of drug-likeness (QED) is 0.753. The molecule has 3 amide bonds. The number of fused-ring (bicyclic) bond motifs is 1. The Morgan fingerprint density at radius 3 is 2.62 bits per heavy atom. The smallest absolute Gasteiger partial charge is 0.255 e. The van der Waals surface area contributed by atoms with Gasteiger partial charge in [0.05, 0.1) is 0 Å². The first-order valence-electron chi connectivity index (χ1n) is 9.74. The molecule has 150 valence electrons. The monoisotopic (exact) mass is 392 g/mol. The maximum Gasteiger partial charge on any atom is 0.255 e.